The maximum absolute atomic E-state index is 13.7. The van der Waals surface area contributed by atoms with E-state index >= 15 is 0 Å². The molecule has 24 heavy (non-hydrogen) atoms. The lowest BCUT2D eigenvalue weighted by atomic mass is 10.2. The SMILES string of the molecule is Cl.Fc1cc(F)c2cnc(Nc3c(Cl)ccc4c3OCO4)nc2c1. The summed E-state index contributed by atoms with van der Waals surface area (Å²) in [6.07, 6.45) is 1.27. The molecule has 1 aromatic heterocycles. The van der Waals surface area contributed by atoms with Gasteiger partial charge in [0.05, 0.1) is 15.9 Å². The van der Waals surface area contributed by atoms with Gasteiger partial charge in [-0.25, -0.2) is 18.7 Å². The largest absolute Gasteiger partial charge is 0.454 e. The normalized spacial score (nSPS) is 12.1. The summed E-state index contributed by atoms with van der Waals surface area (Å²) in [5.74, 6) is -0.327. The smallest absolute Gasteiger partial charge is 0.231 e. The zero-order chi connectivity index (χ0) is 16.0. The van der Waals surface area contributed by atoms with Crippen LogP contribution in [-0.2, 0) is 0 Å². The Labute approximate surface area is 146 Å². The maximum Gasteiger partial charge on any atom is 0.231 e. The number of ether oxygens (including phenoxy) is 2. The van der Waals surface area contributed by atoms with Crippen LogP contribution in [0.15, 0.2) is 30.5 Å². The lowest BCUT2D eigenvalue weighted by molar-refractivity contribution is 0.174. The first-order valence-corrected chi connectivity index (χ1v) is 6.96. The lowest BCUT2D eigenvalue weighted by Gasteiger charge is -2.10. The van der Waals surface area contributed by atoms with Gasteiger partial charge in [-0.3, -0.25) is 0 Å². The summed E-state index contributed by atoms with van der Waals surface area (Å²) in [5.41, 5.74) is 0.568. The van der Waals surface area contributed by atoms with Gasteiger partial charge in [-0.2, -0.15) is 0 Å². The molecule has 0 spiro atoms. The molecule has 0 aliphatic carbocycles. The summed E-state index contributed by atoms with van der Waals surface area (Å²) in [7, 11) is 0. The third kappa shape index (κ3) is 2.76. The predicted molar refractivity (Wildman–Crippen MR) is 87.6 cm³/mol. The van der Waals surface area contributed by atoms with Gasteiger partial charge in [-0.05, 0) is 12.1 Å². The fourth-order valence-corrected chi connectivity index (χ4v) is 2.49. The van der Waals surface area contributed by atoms with E-state index in [9.17, 15) is 8.78 Å². The molecular weight excluding hydrogens is 363 g/mol. The predicted octanol–water partition coefficient (Wildman–Crippen LogP) is 4.46. The first kappa shape index (κ1) is 16.5. The van der Waals surface area contributed by atoms with Crippen molar-refractivity contribution in [1.82, 2.24) is 9.97 Å². The lowest BCUT2D eigenvalue weighted by Crippen LogP contribution is -2.00. The van der Waals surface area contributed by atoms with Gasteiger partial charge in [-0.1, -0.05) is 11.6 Å². The Morgan fingerprint density at radius 1 is 1.17 bits per heavy atom. The van der Waals surface area contributed by atoms with Crippen LogP contribution in [0, 0.1) is 11.6 Å². The minimum absolute atomic E-state index is 0. The quantitative estimate of drug-likeness (QED) is 0.720. The van der Waals surface area contributed by atoms with Gasteiger partial charge in [0.15, 0.2) is 11.5 Å². The number of anilines is 2. The second-order valence-corrected chi connectivity index (χ2v) is 5.20. The van der Waals surface area contributed by atoms with Crippen LogP contribution in [0.1, 0.15) is 0 Å². The van der Waals surface area contributed by atoms with Crippen molar-refractivity contribution in [2.45, 2.75) is 0 Å². The summed E-state index contributed by atoms with van der Waals surface area (Å²) in [6, 6.07) is 5.23. The van der Waals surface area contributed by atoms with Crippen LogP contribution in [0.25, 0.3) is 10.9 Å². The van der Waals surface area contributed by atoms with Crippen LogP contribution in [0.3, 0.4) is 0 Å². The van der Waals surface area contributed by atoms with Crippen LogP contribution >= 0.6 is 24.0 Å². The molecule has 124 valence electrons. The monoisotopic (exact) mass is 371 g/mol. The second-order valence-electron chi connectivity index (χ2n) is 4.80. The second kappa shape index (κ2) is 6.26. The minimum Gasteiger partial charge on any atom is -0.454 e. The third-order valence-electron chi connectivity index (χ3n) is 3.34. The molecule has 1 aliphatic heterocycles. The number of nitrogens with zero attached hydrogens (tertiary/aromatic N) is 2. The number of hydrogen-bond acceptors (Lipinski definition) is 5. The Balaban J connectivity index is 0.00000169. The Morgan fingerprint density at radius 2 is 2.00 bits per heavy atom. The highest BCUT2D eigenvalue weighted by atomic mass is 35.5. The summed E-state index contributed by atoms with van der Waals surface area (Å²) in [6.45, 7) is 0.0827. The Bertz CT molecular complexity index is 940. The molecule has 9 heteroatoms. The van der Waals surface area contributed by atoms with Crippen molar-refractivity contribution in [3.05, 3.63) is 47.1 Å². The summed E-state index contributed by atoms with van der Waals surface area (Å²) in [5, 5.41) is 3.40. The van der Waals surface area contributed by atoms with Gasteiger partial charge in [-0.15, -0.1) is 12.4 Å². The number of hydrogen-bond donors (Lipinski definition) is 1. The number of halogens is 4. The van der Waals surface area contributed by atoms with E-state index in [4.69, 9.17) is 21.1 Å². The van der Waals surface area contributed by atoms with Crippen LogP contribution < -0.4 is 14.8 Å². The average molecular weight is 372 g/mol. The fraction of sp³-hybridized carbons (Fsp3) is 0.0667. The molecule has 4 rings (SSSR count). The van der Waals surface area contributed by atoms with Gasteiger partial charge < -0.3 is 14.8 Å². The fourth-order valence-electron chi connectivity index (χ4n) is 2.30. The van der Waals surface area contributed by atoms with Crippen LogP contribution in [0.2, 0.25) is 5.02 Å². The molecule has 0 atom stereocenters. The Kier molecular flexibility index (Phi) is 4.29. The minimum atomic E-state index is -0.720. The van der Waals surface area contributed by atoms with Gasteiger partial charge >= 0.3 is 0 Å². The topological polar surface area (TPSA) is 56.3 Å². The molecule has 1 N–H and O–H groups in total. The highest BCUT2D eigenvalue weighted by Crippen LogP contribution is 2.44. The van der Waals surface area contributed by atoms with E-state index in [1.54, 1.807) is 12.1 Å². The van der Waals surface area contributed by atoms with Crippen molar-refractivity contribution in [3.63, 3.8) is 0 Å². The summed E-state index contributed by atoms with van der Waals surface area (Å²) < 4.78 is 37.6. The van der Waals surface area contributed by atoms with Crippen molar-refractivity contribution in [3.8, 4) is 11.5 Å². The number of rotatable bonds is 2. The number of nitrogens with one attached hydrogen (secondary N) is 1. The Morgan fingerprint density at radius 3 is 2.83 bits per heavy atom. The first-order chi connectivity index (χ1) is 11.1. The zero-order valence-corrected chi connectivity index (χ0v) is 13.4. The summed E-state index contributed by atoms with van der Waals surface area (Å²) in [4.78, 5) is 8.12. The molecule has 0 saturated carbocycles. The van der Waals surface area contributed by atoms with Crippen molar-refractivity contribution >= 4 is 46.5 Å². The molecule has 2 aromatic carbocycles. The molecular formula is C15H9Cl2F2N3O2. The average Bonchev–Trinajstić information content (AvgIpc) is 2.98. The number of aromatic nitrogens is 2. The van der Waals surface area contributed by atoms with E-state index in [0.29, 0.717) is 22.2 Å². The highest BCUT2D eigenvalue weighted by molar-refractivity contribution is 6.33. The van der Waals surface area contributed by atoms with E-state index in [0.717, 1.165) is 12.1 Å². The van der Waals surface area contributed by atoms with Gasteiger partial charge in [0, 0.05) is 18.3 Å². The molecule has 0 radical (unpaired) electrons. The van der Waals surface area contributed by atoms with E-state index in [2.05, 4.69) is 15.3 Å². The van der Waals surface area contributed by atoms with Crippen LogP contribution in [0.4, 0.5) is 20.4 Å². The summed E-state index contributed by atoms with van der Waals surface area (Å²) >= 11 is 6.15. The van der Waals surface area contributed by atoms with E-state index in [1.807, 2.05) is 0 Å². The molecule has 5 nitrogen and oxygen atoms in total. The van der Waals surface area contributed by atoms with Crippen molar-refractivity contribution in [2.75, 3.05) is 12.1 Å². The number of benzene rings is 2. The zero-order valence-electron chi connectivity index (χ0n) is 11.8. The molecule has 0 unspecified atom stereocenters. The van der Waals surface area contributed by atoms with Gasteiger partial charge in [0.2, 0.25) is 12.7 Å². The molecule has 3 aromatic rings. The van der Waals surface area contributed by atoms with E-state index < -0.39 is 11.6 Å². The third-order valence-corrected chi connectivity index (χ3v) is 3.65. The van der Waals surface area contributed by atoms with Crippen molar-refractivity contribution < 1.29 is 18.3 Å². The molecule has 1 aliphatic rings. The van der Waals surface area contributed by atoms with Crippen molar-refractivity contribution in [1.29, 1.82) is 0 Å². The maximum atomic E-state index is 13.7. The number of fused-ring (bicyclic) bond motifs is 2. The van der Waals surface area contributed by atoms with Crippen molar-refractivity contribution in [2.24, 2.45) is 0 Å². The van der Waals surface area contributed by atoms with Gasteiger partial charge in [0.1, 0.15) is 17.3 Å². The van der Waals surface area contributed by atoms with Crippen LogP contribution in [-0.4, -0.2) is 16.8 Å². The first-order valence-electron chi connectivity index (χ1n) is 6.59. The molecule has 0 amide bonds. The van der Waals surface area contributed by atoms with E-state index in [1.165, 1.54) is 6.20 Å². The molecule has 0 saturated heterocycles. The molecule has 2 heterocycles. The van der Waals surface area contributed by atoms with Crippen LogP contribution in [0.5, 0.6) is 11.5 Å². The van der Waals surface area contributed by atoms with E-state index in [-0.39, 0.29) is 36.1 Å². The van der Waals surface area contributed by atoms with Gasteiger partial charge in [0.25, 0.3) is 0 Å². The molecule has 0 bridgehead atoms. The molecule has 0 fully saturated rings. The highest BCUT2D eigenvalue weighted by Gasteiger charge is 2.21. The standard InChI is InChI=1S/C15H8ClF2N3O2.ClH/c16-9-1-2-12-14(23-6-22-12)13(9)21-15-19-5-8-10(18)3-7(17)4-11(8)20-15;/h1-5H,6H2,(H,19,20,21);1H. The Hall–Kier alpha value is -2.38.